The molecule has 1 aliphatic heterocycles. The molecule has 0 saturated carbocycles. The topological polar surface area (TPSA) is 65.1 Å². The number of nitrogens with zero attached hydrogens (tertiary/aromatic N) is 1. The normalized spacial score (nSPS) is 19.4. The van der Waals surface area contributed by atoms with Crippen LogP contribution in [0.1, 0.15) is 45.6 Å². The van der Waals surface area contributed by atoms with Crippen LogP contribution in [-0.4, -0.2) is 41.6 Å². The van der Waals surface area contributed by atoms with Crippen molar-refractivity contribution in [2.75, 3.05) is 6.61 Å². The SMILES string of the molecule is C[C@@H]1CCC[C@H](C)N1C(=O)[C@@H](C)OC(=O)COc1ccc(OCc2ccccc2)cc1. The minimum atomic E-state index is -0.826. The van der Waals surface area contributed by atoms with Gasteiger partial charge in [-0.05, 0) is 69.9 Å². The van der Waals surface area contributed by atoms with Crippen LogP contribution in [0.5, 0.6) is 11.5 Å². The quantitative estimate of drug-likeness (QED) is 0.588. The molecule has 2 aromatic carbocycles. The molecule has 1 heterocycles. The second kappa shape index (κ2) is 10.8. The van der Waals surface area contributed by atoms with Crippen LogP contribution in [0.3, 0.4) is 0 Å². The van der Waals surface area contributed by atoms with Gasteiger partial charge in [-0.15, -0.1) is 0 Å². The molecule has 6 heteroatoms. The first-order valence-electron chi connectivity index (χ1n) is 10.9. The van der Waals surface area contributed by atoms with Crippen molar-refractivity contribution in [3.63, 3.8) is 0 Å². The lowest BCUT2D eigenvalue weighted by Gasteiger charge is -2.40. The lowest BCUT2D eigenvalue weighted by molar-refractivity contribution is -0.163. The van der Waals surface area contributed by atoms with Crippen LogP contribution in [0, 0.1) is 0 Å². The van der Waals surface area contributed by atoms with E-state index in [0.717, 1.165) is 24.8 Å². The fourth-order valence-electron chi connectivity index (χ4n) is 3.86. The van der Waals surface area contributed by atoms with Crippen molar-refractivity contribution in [1.29, 1.82) is 0 Å². The molecule has 0 N–H and O–H groups in total. The number of piperidine rings is 1. The second-order valence-electron chi connectivity index (χ2n) is 8.04. The van der Waals surface area contributed by atoms with Crippen LogP contribution < -0.4 is 9.47 Å². The summed E-state index contributed by atoms with van der Waals surface area (Å²) in [4.78, 5) is 26.7. The Balaban J connectivity index is 1.43. The van der Waals surface area contributed by atoms with Gasteiger partial charge in [0.15, 0.2) is 12.7 Å². The average molecular weight is 426 g/mol. The Morgan fingerprint density at radius 3 is 2.13 bits per heavy atom. The van der Waals surface area contributed by atoms with Gasteiger partial charge in [0, 0.05) is 12.1 Å². The molecular formula is C25H31NO5. The molecule has 3 atom stereocenters. The highest BCUT2D eigenvalue weighted by Gasteiger charge is 2.33. The van der Waals surface area contributed by atoms with Gasteiger partial charge in [-0.3, -0.25) is 4.79 Å². The molecule has 1 fully saturated rings. The molecule has 6 nitrogen and oxygen atoms in total. The molecule has 166 valence electrons. The lowest BCUT2D eigenvalue weighted by Crippen LogP contribution is -2.51. The van der Waals surface area contributed by atoms with Gasteiger partial charge in [-0.25, -0.2) is 4.79 Å². The van der Waals surface area contributed by atoms with E-state index in [1.165, 1.54) is 0 Å². The summed E-state index contributed by atoms with van der Waals surface area (Å²) in [5.41, 5.74) is 1.09. The molecule has 1 amide bonds. The van der Waals surface area contributed by atoms with Gasteiger partial charge in [0.05, 0.1) is 0 Å². The zero-order valence-corrected chi connectivity index (χ0v) is 18.5. The van der Waals surface area contributed by atoms with Crippen molar-refractivity contribution in [1.82, 2.24) is 4.90 Å². The summed E-state index contributed by atoms with van der Waals surface area (Å²) in [5.74, 6) is 0.527. The van der Waals surface area contributed by atoms with E-state index in [0.29, 0.717) is 18.1 Å². The van der Waals surface area contributed by atoms with E-state index < -0.39 is 12.1 Å². The maximum Gasteiger partial charge on any atom is 0.344 e. The molecule has 0 aliphatic carbocycles. The van der Waals surface area contributed by atoms with Gasteiger partial charge in [-0.1, -0.05) is 30.3 Å². The van der Waals surface area contributed by atoms with Gasteiger partial charge in [0.1, 0.15) is 18.1 Å². The summed E-state index contributed by atoms with van der Waals surface area (Å²) in [5, 5.41) is 0. The van der Waals surface area contributed by atoms with Crippen LogP contribution in [-0.2, 0) is 20.9 Å². The Kier molecular flexibility index (Phi) is 7.93. The summed E-state index contributed by atoms with van der Waals surface area (Å²) in [6, 6.07) is 17.3. The highest BCUT2D eigenvalue weighted by molar-refractivity contribution is 5.84. The first kappa shape index (κ1) is 22.7. The third-order valence-corrected chi connectivity index (χ3v) is 5.53. The Morgan fingerprint density at radius 1 is 0.935 bits per heavy atom. The molecule has 0 spiro atoms. The van der Waals surface area contributed by atoms with Gasteiger partial charge in [-0.2, -0.15) is 0 Å². The van der Waals surface area contributed by atoms with Crippen molar-refractivity contribution in [3.8, 4) is 11.5 Å². The van der Waals surface area contributed by atoms with Gasteiger partial charge >= 0.3 is 5.97 Å². The summed E-state index contributed by atoms with van der Waals surface area (Å²) in [6.07, 6.45) is 2.24. The number of carbonyl (C=O) groups is 2. The number of esters is 1. The number of hydrogen-bond donors (Lipinski definition) is 0. The molecule has 2 aromatic rings. The number of rotatable bonds is 8. The number of carbonyl (C=O) groups excluding carboxylic acids is 2. The van der Waals surface area contributed by atoms with Gasteiger partial charge < -0.3 is 19.1 Å². The predicted octanol–water partition coefficient (Wildman–Crippen LogP) is 4.37. The van der Waals surface area contributed by atoms with Crippen molar-refractivity contribution in [3.05, 3.63) is 60.2 Å². The maximum atomic E-state index is 12.7. The summed E-state index contributed by atoms with van der Waals surface area (Å²) in [7, 11) is 0. The zero-order chi connectivity index (χ0) is 22.2. The third kappa shape index (κ3) is 6.48. The van der Waals surface area contributed by atoms with Crippen molar-refractivity contribution in [2.45, 2.75) is 64.8 Å². The fraction of sp³-hybridized carbons (Fsp3) is 0.440. The molecule has 1 aliphatic rings. The third-order valence-electron chi connectivity index (χ3n) is 5.53. The maximum absolute atomic E-state index is 12.7. The minimum Gasteiger partial charge on any atom is -0.489 e. The number of benzene rings is 2. The summed E-state index contributed by atoms with van der Waals surface area (Å²) >= 11 is 0. The van der Waals surface area contributed by atoms with Gasteiger partial charge in [0.2, 0.25) is 0 Å². The Bertz CT molecular complexity index is 842. The highest BCUT2D eigenvalue weighted by Crippen LogP contribution is 2.24. The van der Waals surface area contributed by atoms with E-state index >= 15 is 0 Å². The molecule has 0 aromatic heterocycles. The smallest absolute Gasteiger partial charge is 0.344 e. The van der Waals surface area contributed by atoms with Crippen LogP contribution in [0.25, 0.3) is 0 Å². The first-order chi connectivity index (χ1) is 14.9. The fourth-order valence-corrected chi connectivity index (χ4v) is 3.86. The first-order valence-corrected chi connectivity index (χ1v) is 10.9. The largest absolute Gasteiger partial charge is 0.489 e. The van der Waals surface area contributed by atoms with E-state index in [1.807, 2.05) is 49.1 Å². The average Bonchev–Trinajstić information content (AvgIpc) is 2.77. The summed E-state index contributed by atoms with van der Waals surface area (Å²) in [6.45, 7) is 5.92. The Labute approximate surface area is 184 Å². The molecule has 0 unspecified atom stereocenters. The van der Waals surface area contributed by atoms with Crippen LogP contribution in [0.2, 0.25) is 0 Å². The van der Waals surface area contributed by atoms with Crippen molar-refractivity contribution < 1.29 is 23.8 Å². The highest BCUT2D eigenvalue weighted by atomic mass is 16.6. The standard InChI is InChI=1S/C25H31NO5/c1-18-8-7-9-19(2)26(18)25(28)20(3)31-24(27)17-30-23-14-12-22(13-15-23)29-16-21-10-5-4-6-11-21/h4-6,10-15,18-20H,7-9,16-17H2,1-3H3/t18-,19+,20-/m1/s1. The summed E-state index contributed by atoms with van der Waals surface area (Å²) < 4.78 is 16.6. The van der Waals surface area contributed by atoms with E-state index in [-0.39, 0.29) is 24.6 Å². The van der Waals surface area contributed by atoms with Crippen molar-refractivity contribution >= 4 is 11.9 Å². The van der Waals surface area contributed by atoms with Crippen molar-refractivity contribution in [2.24, 2.45) is 0 Å². The van der Waals surface area contributed by atoms with Gasteiger partial charge in [0.25, 0.3) is 5.91 Å². The molecule has 3 rings (SSSR count). The van der Waals surface area contributed by atoms with E-state index in [1.54, 1.807) is 31.2 Å². The van der Waals surface area contributed by atoms with E-state index in [9.17, 15) is 9.59 Å². The minimum absolute atomic E-state index is 0.145. The molecule has 0 radical (unpaired) electrons. The molecule has 0 bridgehead atoms. The number of amides is 1. The van der Waals surface area contributed by atoms with Crippen LogP contribution >= 0.6 is 0 Å². The zero-order valence-electron chi connectivity index (χ0n) is 18.5. The Morgan fingerprint density at radius 2 is 1.52 bits per heavy atom. The molecule has 1 saturated heterocycles. The van der Waals surface area contributed by atoms with E-state index in [2.05, 4.69) is 0 Å². The number of likely N-dealkylation sites (tertiary alicyclic amines) is 1. The Hall–Kier alpha value is -3.02. The van der Waals surface area contributed by atoms with Crippen LogP contribution in [0.15, 0.2) is 54.6 Å². The van der Waals surface area contributed by atoms with E-state index in [4.69, 9.17) is 14.2 Å². The lowest BCUT2D eigenvalue weighted by atomic mass is 9.97. The predicted molar refractivity (Wildman–Crippen MR) is 118 cm³/mol. The monoisotopic (exact) mass is 425 g/mol. The van der Waals surface area contributed by atoms with Crippen LogP contribution in [0.4, 0.5) is 0 Å². The molecule has 31 heavy (non-hydrogen) atoms. The number of hydrogen-bond acceptors (Lipinski definition) is 5. The second-order valence-corrected chi connectivity index (χ2v) is 8.04. The number of ether oxygens (including phenoxy) is 3. The molecular weight excluding hydrogens is 394 g/mol.